The van der Waals surface area contributed by atoms with Crippen LogP contribution in [0, 0.1) is 6.92 Å². The van der Waals surface area contributed by atoms with Crippen LogP contribution in [0.5, 0.6) is 5.75 Å². The molecule has 0 spiro atoms. The van der Waals surface area contributed by atoms with Crippen LogP contribution in [0.4, 0.5) is 5.69 Å². The molecule has 0 aliphatic carbocycles. The molecule has 0 atom stereocenters. The van der Waals surface area contributed by atoms with Crippen molar-refractivity contribution in [3.05, 3.63) is 52.5 Å². The number of thioether (sulfide) groups is 1. The number of hydrogen-bond acceptors (Lipinski definition) is 3. The third kappa shape index (κ3) is 3.71. The third-order valence-corrected chi connectivity index (χ3v) is 4.22. The first-order chi connectivity index (χ1) is 10.0. The Balaban J connectivity index is 2.25. The zero-order valence-corrected chi connectivity index (χ0v) is 13.6. The Labute approximate surface area is 133 Å². The summed E-state index contributed by atoms with van der Waals surface area (Å²) in [5.41, 5.74) is 2.12. The van der Waals surface area contributed by atoms with Crippen molar-refractivity contribution in [2.75, 3.05) is 18.7 Å². The Bertz CT molecular complexity index is 673. The highest BCUT2D eigenvalue weighted by Gasteiger charge is 2.13. The van der Waals surface area contributed by atoms with Gasteiger partial charge in [0.2, 0.25) is 0 Å². The molecule has 0 aliphatic heterocycles. The summed E-state index contributed by atoms with van der Waals surface area (Å²) < 4.78 is 5.29. The van der Waals surface area contributed by atoms with Gasteiger partial charge in [-0.2, -0.15) is 0 Å². The maximum absolute atomic E-state index is 12.3. The van der Waals surface area contributed by atoms with Gasteiger partial charge in [-0.1, -0.05) is 17.7 Å². The molecule has 3 nitrogen and oxygen atoms in total. The van der Waals surface area contributed by atoms with E-state index < -0.39 is 0 Å². The Hall–Kier alpha value is -1.65. The second kappa shape index (κ2) is 6.87. The summed E-state index contributed by atoms with van der Waals surface area (Å²) >= 11 is 7.66. The molecule has 0 heterocycles. The van der Waals surface area contributed by atoms with Crippen molar-refractivity contribution < 1.29 is 9.53 Å². The minimum atomic E-state index is -0.223. The lowest BCUT2D eigenvalue weighted by atomic mass is 10.1. The summed E-state index contributed by atoms with van der Waals surface area (Å²) in [7, 11) is 1.55. The number of halogens is 1. The van der Waals surface area contributed by atoms with Gasteiger partial charge in [-0.3, -0.25) is 4.79 Å². The number of nitrogens with one attached hydrogen (secondary N) is 1. The summed E-state index contributed by atoms with van der Waals surface area (Å²) in [6, 6.07) is 10.9. The molecule has 0 aliphatic rings. The van der Waals surface area contributed by atoms with Gasteiger partial charge in [0.15, 0.2) is 0 Å². The van der Waals surface area contributed by atoms with E-state index in [4.69, 9.17) is 16.3 Å². The zero-order valence-electron chi connectivity index (χ0n) is 12.1. The summed E-state index contributed by atoms with van der Waals surface area (Å²) in [6.07, 6.45) is 1.98. The van der Waals surface area contributed by atoms with E-state index in [0.29, 0.717) is 22.0 Å². The molecular formula is C16H16ClNO2S. The first kappa shape index (κ1) is 15.7. The van der Waals surface area contributed by atoms with Gasteiger partial charge >= 0.3 is 0 Å². The molecule has 1 N–H and O–H groups in total. The number of methoxy groups -OCH3 is 1. The molecule has 2 aromatic carbocycles. The molecule has 2 rings (SSSR count). The number of ether oxygens (including phenoxy) is 1. The fourth-order valence-corrected chi connectivity index (χ4v) is 2.46. The lowest BCUT2D eigenvalue weighted by Crippen LogP contribution is -2.13. The average molecular weight is 322 g/mol. The van der Waals surface area contributed by atoms with Gasteiger partial charge in [0.25, 0.3) is 5.91 Å². The normalized spacial score (nSPS) is 10.3. The van der Waals surface area contributed by atoms with Gasteiger partial charge in [0.1, 0.15) is 5.75 Å². The average Bonchev–Trinajstić information content (AvgIpc) is 2.50. The van der Waals surface area contributed by atoms with Crippen molar-refractivity contribution in [1.29, 1.82) is 0 Å². The Morgan fingerprint density at radius 3 is 2.62 bits per heavy atom. The maximum Gasteiger partial charge on any atom is 0.259 e. The number of aryl methyl sites for hydroxylation is 1. The minimum Gasteiger partial charge on any atom is -0.496 e. The standard InChI is InChI=1S/C16H16ClNO2S/c1-10-4-5-11(8-14(10)17)18-16(19)13-7-6-12(21-3)9-15(13)20-2/h4-9H,1-3H3,(H,18,19). The van der Waals surface area contributed by atoms with Crippen molar-refractivity contribution in [3.8, 4) is 5.75 Å². The van der Waals surface area contributed by atoms with E-state index >= 15 is 0 Å². The van der Waals surface area contributed by atoms with Crippen LogP contribution in [0.3, 0.4) is 0 Å². The predicted octanol–water partition coefficient (Wildman–Crippen LogP) is 4.63. The highest BCUT2D eigenvalue weighted by atomic mass is 35.5. The Morgan fingerprint density at radius 1 is 1.24 bits per heavy atom. The fourth-order valence-electron chi connectivity index (χ4n) is 1.86. The number of hydrogen-bond donors (Lipinski definition) is 1. The number of carbonyl (C=O) groups excluding carboxylic acids is 1. The number of carbonyl (C=O) groups is 1. The van der Waals surface area contributed by atoms with E-state index in [-0.39, 0.29) is 5.91 Å². The predicted molar refractivity (Wildman–Crippen MR) is 88.9 cm³/mol. The van der Waals surface area contributed by atoms with E-state index in [1.807, 2.05) is 37.4 Å². The highest BCUT2D eigenvalue weighted by Crippen LogP contribution is 2.27. The van der Waals surface area contributed by atoms with E-state index in [0.717, 1.165) is 10.5 Å². The van der Waals surface area contributed by atoms with Crippen LogP contribution in [-0.4, -0.2) is 19.3 Å². The first-order valence-electron chi connectivity index (χ1n) is 6.34. The Morgan fingerprint density at radius 2 is 2.00 bits per heavy atom. The zero-order chi connectivity index (χ0) is 15.4. The number of benzene rings is 2. The smallest absolute Gasteiger partial charge is 0.259 e. The van der Waals surface area contributed by atoms with Crippen molar-refractivity contribution in [3.63, 3.8) is 0 Å². The van der Waals surface area contributed by atoms with Crippen LogP contribution in [0.25, 0.3) is 0 Å². The molecule has 2 aromatic rings. The molecule has 0 aromatic heterocycles. The van der Waals surface area contributed by atoms with Crippen molar-refractivity contribution in [2.24, 2.45) is 0 Å². The molecule has 0 bridgehead atoms. The van der Waals surface area contributed by atoms with E-state index in [1.165, 1.54) is 0 Å². The third-order valence-electron chi connectivity index (χ3n) is 3.08. The topological polar surface area (TPSA) is 38.3 Å². The van der Waals surface area contributed by atoms with Crippen LogP contribution in [0.15, 0.2) is 41.3 Å². The van der Waals surface area contributed by atoms with Crippen molar-refractivity contribution >= 4 is 35.0 Å². The summed E-state index contributed by atoms with van der Waals surface area (Å²) in [5.74, 6) is 0.331. The summed E-state index contributed by atoms with van der Waals surface area (Å²) in [5, 5.41) is 3.45. The molecule has 5 heteroatoms. The van der Waals surface area contributed by atoms with Gasteiger partial charge < -0.3 is 10.1 Å². The van der Waals surface area contributed by atoms with Crippen molar-refractivity contribution in [1.82, 2.24) is 0 Å². The highest BCUT2D eigenvalue weighted by molar-refractivity contribution is 7.98. The lowest BCUT2D eigenvalue weighted by molar-refractivity contribution is 0.102. The fraction of sp³-hybridized carbons (Fsp3) is 0.188. The molecule has 1 amide bonds. The monoisotopic (exact) mass is 321 g/mol. The SMILES string of the molecule is COc1cc(SC)ccc1C(=O)Nc1ccc(C)c(Cl)c1. The minimum absolute atomic E-state index is 0.223. The number of anilines is 1. The van der Waals surface area contributed by atoms with Gasteiger partial charge in [0, 0.05) is 15.6 Å². The van der Waals surface area contributed by atoms with E-state index in [2.05, 4.69) is 5.32 Å². The van der Waals surface area contributed by atoms with E-state index in [9.17, 15) is 4.79 Å². The van der Waals surface area contributed by atoms with Crippen LogP contribution in [0.2, 0.25) is 5.02 Å². The molecule has 0 unspecified atom stereocenters. The van der Waals surface area contributed by atoms with Gasteiger partial charge in [-0.25, -0.2) is 0 Å². The molecular weight excluding hydrogens is 306 g/mol. The molecule has 0 saturated carbocycles. The van der Waals surface area contributed by atoms with E-state index in [1.54, 1.807) is 31.0 Å². The largest absolute Gasteiger partial charge is 0.496 e. The summed E-state index contributed by atoms with van der Waals surface area (Å²) in [6.45, 7) is 1.91. The molecule has 21 heavy (non-hydrogen) atoms. The number of rotatable bonds is 4. The first-order valence-corrected chi connectivity index (χ1v) is 7.95. The molecule has 0 saturated heterocycles. The molecule has 110 valence electrons. The van der Waals surface area contributed by atoms with Crippen LogP contribution in [0.1, 0.15) is 15.9 Å². The summed E-state index contributed by atoms with van der Waals surface area (Å²) in [4.78, 5) is 13.4. The Kier molecular flexibility index (Phi) is 5.15. The van der Waals surface area contributed by atoms with Gasteiger partial charge in [0.05, 0.1) is 12.7 Å². The molecule has 0 radical (unpaired) electrons. The number of amides is 1. The van der Waals surface area contributed by atoms with Crippen LogP contribution in [-0.2, 0) is 0 Å². The van der Waals surface area contributed by atoms with Gasteiger partial charge in [-0.05, 0) is 49.1 Å². The molecule has 0 fully saturated rings. The second-order valence-corrected chi connectivity index (χ2v) is 5.77. The van der Waals surface area contributed by atoms with Gasteiger partial charge in [-0.15, -0.1) is 11.8 Å². The van der Waals surface area contributed by atoms with Crippen LogP contribution < -0.4 is 10.1 Å². The quantitative estimate of drug-likeness (QED) is 0.834. The van der Waals surface area contributed by atoms with Crippen LogP contribution >= 0.6 is 23.4 Å². The maximum atomic E-state index is 12.3. The second-order valence-electron chi connectivity index (χ2n) is 4.48. The van der Waals surface area contributed by atoms with Crippen molar-refractivity contribution in [2.45, 2.75) is 11.8 Å². The lowest BCUT2D eigenvalue weighted by Gasteiger charge is -2.11.